The van der Waals surface area contributed by atoms with Crippen LogP contribution in [0.2, 0.25) is 0 Å². The maximum atomic E-state index is 2.45. The van der Waals surface area contributed by atoms with E-state index in [1.54, 1.807) is 0 Å². The fourth-order valence-electron chi connectivity index (χ4n) is 17.2. The minimum Gasteiger partial charge on any atom is -0.0596 e. The lowest BCUT2D eigenvalue weighted by Gasteiger charge is -2.60. The first-order chi connectivity index (χ1) is 28.5. The molecule has 0 saturated heterocycles. The molecule has 5 aliphatic carbocycles. The van der Waals surface area contributed by atoms with E-state index in [1.807, 2.05) is 0 Å². The van der Waals surface area contributed by atoms with Gasteiger partial charge in [0, 0.05) is 0 Å². The summed E-state index contributed by atoms with van der Waals surface area (Å²) in [6.45, 7) is 72.5. The van der Waals surface area contributed by atoms with Crippen LogP contribution < -0.4 is 0 Å². The molecule has 0 aliphatic heterocycles. The molecular formula is C65H130. The van der Waals surface area contributed by atoms with Gasteiger partial charge in [0.25, 0.3) is 0 Å². The highest BCUT2D eigenvalue weighted by atomic mass is 14.6. The van der Waals surface area contributed by atoms with Crippen LogP contribution in [0.15, 0.2) is 0 Å². The highest BCUT2D eigenvalue weighted by Gasteiger charge is 2.59. The van der Waals surface area contributed by atoms with Gasteiger partial charge in [-0.2, -0.15) is 0 Å². The molecule has 0 aromatic rings. The average Bonchev–Trinajstić information content (AvgIpc) is 3.79. The van der Waals surface area contributed by atoms with E-state index < -0.39 is 0 Å². The Morgan fingerprint density at radius 2 is 0.246 bits per heavy atom. The van der Waals surface area contributed by atoms with Gasteiger partial charge in [-0.05, 0) is 145 Å². The van der Waals surface area contributed by atoms with Gasteiger partial charge in [0.1, 0.15) is 0 Å². The van der Waals surface area contributed by atoms with Gasteiger partial charge in [-0.15, -0.1) is 0 Å². The summed E-state index contributed by atoms with van der Waals surface area (Å²) in [4.78, 5) is 0. The Balaban J connectivity index is 0.000000408. The minimum absolute atomic E-state index is 0.440. The van der Waals surface area contributed by atoms with Crippen molar-refractivity contribution >= 4 is 0 Å². The Labute approximate surface area is 415 Å². The molecule has 5 aliphatic rings. The van der Waals surface area contributed by atoms with Gasteiger partial charge in [0.05, 0.1) is 0 Å². The molecule has 0 radical (unpaired) electrons. The van der Waals surface area contributed by atoms with E-state index in [4.69, 9.17) is 0 Å². The second-order valence-corrected chi connectivity index (χ2v) is 33.9. The van der Waals surface area contributed by atoms with E-state index in [0.29, 0.717) is 81.2 Å². The van der Waals surface area contributed by atoms with E-state index in [9.17, 15) is 0 Å². The summed E-state index contributed by atoms with van der Waals surface area (Å²) in [7, 11) is 0. The molecule has 5 rings (SSSR count). The lowest BCUT2D eigenvalue weighted by atomic mass is 9.45. The molecule has 0 N–H and O–H groups in total. The van der Waals surface area contributed by atoms with E-state index in [2.05, 4.69) is 208 Å². The number of hydrogen-bond acceptors (Lipinski definition) is 0. The summed E-state index contributed by atoms with van der Waals surface area (Å²) >= 11 is 0. The Kier molecular flexibility index (Phi) is 20.4. The topological polar surface area (TPSA) is 0 Å². The molecule has 0 heteroatoms. The van der Waals surface area contributed by atoms with Crippen LogP contribution in [0.25, 0.3) is 0 Å². The minimum atomic E-state index is 0.440. The largest absolute Gasteiger partial charge is 0.0596 e. The molecule has 0 aromatic carbocycles. The van der Waals surface area contributed by atoms with Gasteiger partial charge in [0.15, 0.2) is 0 Å². The molecule has 5 fully saturated rings. The molecule has 0 aromatic heterocycles. The van der Waals surface area contributed by atoms with Gasteiger partial charge < -0.3 is 0 Å². The van der Waals surface area contributed by atoms with Crippen LogP contribution in [0.4, 0.5) is 0 Å². The standard InChI is InChI=1S/C15H30.C14H28.C13H26.C12H24.C11H22/c1-13(2,3)15(14(4,5)6)11-9-7-8-10-12-15;1-12(2,3)14(13(4,5)6)10-8-7-9-11-14;1-11(2,3)13(12(4,5)6)9-7-8-10-13;1-10(2,3)12(8-7-9-12)11(4,5)6;1-9(2,3)11(7-8-11)10(4,5)6/h7-12H2,1-6H3;7-11H2,1-6H3;7-10H2,1-6H3;7-9H2,1-6H3;7-8H2,1-6H3. The van der Waals surface area contributed by atoms with Gasteiger partial charge in [-0.3, -0.25) is 0 Å². The third-order valence-electron chi connectivity index (χ3n) is 21.4. The van der Waals surface area contributed by atoms with Gasteiger partial charge >= 0.3 is 0 Å². The van der Waals surface area contributed by atoms with Gasteiger partial charge in [-0.25, -0.2) is 0 Å². The van der Waals surface area contributed by atoms with Crippen molar-refractivity contribution in [3.8, 4) is 0 Å². The molecule has 0 nitrogen and oxygen atoms in total. The van der Waals surface area contributed by atoms with Crippen molar-refractivity contribution in [2.24, 2.45) is 81.2 Å². The van der Waals surface area contributed by atoms with E-state index in [0.717, 1.165) is 0 Å². The monoisotopic (exact) mass is 911 g/mol. The Hall–Kier alpha value is 0. The second kappa shape index (κ2) is 21.0. The summed E-state index contributed by atoms with van der Waals surface area (Å²) in [5.41, 5.74) is 7.52. The summed E-state index contributed by atoms with van der Waals surface area (Å²) < 4.78 is 0. The van der Waals surface area contributed by atoms with Crippen LogP contribution in [0.3, 0.4) is 0 Å². The van der Waals surface area contributed by atoms with Crippen molar-refractivity contribution in [3.05, 3.63) is 0 Å². The van der Waals surface area contributed by atoms with Crippen molar-refractivity contribution in [2.45, 2.75) is 336 Å². The SMILES string of the molecule is CC(C)(C)C1(C(C)(C)C)CC1.CC(C)(C)C1(C(C)(C)C)CCC1.CC(C)(C)C1(C(C)(C)C)CCCC1.CC(C)(C)C1(C(C)(C)C)CCCCC1.CC(C)(C)C1(C(C)(C)C)CCCCCC1. The predicted molar refractivity (Wildman–Crippen MR) is 299 cm³/mol. The first-order valence-corrected chi connectivity index (χ1v) is 28.5. The van der Waals surface area contributed by atoms with Gasteiger partial charge in [0.2, 0.25) is 0 Å². The van der Waals surface area contributed by atoms with Crippen LogP contribution in [-0.2, 0) is 0 Å². The lowest BCUT2D eigenvalue weighted by Crippen LogP contribution is -2.51. The van der Waals surface area contributed by atoms with Crippen LogP contribution in [0.5, 0.6) is 0 Å². The van der Waals surface area contributed by atoms with E-state index in [-0.39, 0.29) is 0 Å². The van der Waals surface area contributed by atoms with E-state index in [1.165, 1.54) is 128 Å². The molecule has 0 spiro atoms. The smallest absolute Gasteiger partial charge is 0.0200 e. The maximum Gasteiger partial charge on any atom is -0.0200 e. The van der Waals surface area contributed by atoms with Crippen LogP contribution in [0, 0.1) is 81.2 Å². The van der Waals surface area contributed by atoms with Crippen molar-refractivity contribution in [2.75, 3.05) is 0 Å². The lowest BCUT2D eigenvalue weighted by molar-refractivity contribution is -0.100. The van der Waals surface area contributed by atoms with Gasteiger partial charge in [-0.1, -0.05) is 272 Å². The second-order valence-electron chi connectivity index (χ2n) is 33.9. The average molecular weight is 912 g/mol. The Morgan fingerprint density at radius 3 is 0.338 bits per heavy atom. The fraction of sp³-hybridized carbons (Fsp3) is 1.00. The molecule has 65 heavy (non-hydrogen) atoms. The van der Waals surface area contributed by atoms with Crippen LogP contribution >= 0.6 is 0 Å². The molecular weight excluding hydrogens is 781 g/mol. The summed E-state index contributed by atoms with van der Waals surface area (Å²) in [5, 5.41) is 0. The first-order valence-electron chi connectivity index (χ1n) is 28.5. The highest BCUT2D eigenvalue weighted by molar-refractivity contribution is 5.08. The molecule has 0 atom stereocenters. The highest BCUT2D eigenvalue weighted by Crippen LogP contribution is 2.68. The maximum absolute atomic E-state index is 2.45. The third-order valence-corrected chi connectivity index (χ3v) is 21.4. The summed E-state index contributed by atoms with van der Waals surface area (Å²) in [5.74, 6) is 0. The quantitative estimate of drug-likeness (QED) is 0.213. The molecule has 0 bridgehead atoms. The first kappa shape index (κ1) is 63.0. The number of hydrogen-bond donors (Lipinski definition) is 0. The van der Waals surface area contributed by atoms with Crippen LogP contribution in [0.1, 0.15) is 336 Å². The zero-order valence-electron chi connectivity index (χ0n) is 51.6. The molecule has 5 saturated carbocycles. The van der Waals surface area contributed by atoms with Crippen molar-refractivity contribution in [1.82, 2.24) is 0 Å². The predicted octanol–water partition coefficient (Wildman–Crippen LogP) is 23.2. The molecule has 390 valence electrons. The zero-order chi connectivity index (χ0) is 51.6. The summed E-state index contributed by atoms with van der Waals surface area (Å²) in [6.07, 6.45) is 28.7. The van der Waals surface area contributed by atoms with Crippen molar-refractivity contribution in [3.63, 3.8) is 0 Å². The Morgan fingerprint density at radius 1 is 0.138 bits per heavy atom. The molecule has 0 unspecified atom stereocenters. The van der Waals surface area contributed by atoms with Crippen molar-refractivity contribution < 1.29 is 0 Å². The fourth-order valence-corrected chi connectivity index (χ4v) is 17.2. The molecule has 0 heterocycles. The number of rotatable bonds is 0. The van der Waals surface area contributed by atoms with Crippen molar-refractivity contribution in [1.29, 1.82) is 0 Å². The third kappa shape index (κ3) is 13.9. The van der Waals surface area contributed by atoms with E-state index >= 15 is 0 Å². The summed E-state index contributed by atoms with van der Waals surface area (Å²) in [6, 6.07) is 0. The van der Waals surface area contributed by atoms with Crippen LogP contribution in [-0.4, -0.2) is 0 Å². The zero-order valence-corrected chi connectivity index (χ0v) is 51.6. The normalized spacial score (nSPS) is 23.5. The molecule has 0 amide bonds. The Bertz CT molecular complexity index is 1280.